The average molecular weight is 321 g/mol. The quantitative estimate of drug-likeness (QED) is 0.660. The number of amides is 1. The minimum atomic E-state index is 0.0530. The van der Waals surface area contributed by atoms with E-state index in [2.05, 4.69) is 48.0 Å². The van der Waals surface area contributed by atoms with Crippen molar-refractivity contribution in [2.24, 2.45) is 0 Å². The van der Waals surface area contributed by atoms with Crippen molar-refractivity contribution >= 4 is 34.1 Å². The van der Waals surface area contributed by atoms with Crippen molar-refractivity contribution in [1.82, 2.24) is 0 Å². The molecule has 0 aliphatic heterocycles. The molecule has 0 aliphatic carbocycles. The molecular weight excluding hydrogens is 302 g/mol. The highest BCUT2D eigenvalue weighted by atomic mass is 32.2. The number of carbonyl (C=O) groups excluding carboxylic acids is 1. The van der Waals surface area contributed by atoms with Crippen LogP contribution in [0.15, 0.2) is 71.6 Å². The molecule has 1 amide bonds. The van der Waals surface area contributed by atoms with Gasteiger partial charge in [-0.1, -0.05) is 54.6 Å². The number of benzene rings is 3. The van der Waals surface area contributed by atoms with Crippen LogP contribution in [0.3, 0.4) is 0 Å². The molecule has 0 atom stereocenters. The van der Waals surface area contributed by atoms with E-state index in [1.807, 2.05) is 30.3 Å². The Hall–Kier alpha value is -2.26. The Morgan fingerprint density at radius 2 is 1.70 bits per heavy atom. The summed E-state index contributed by atoms with van der Waals surface area (Å²) in [5.74, 6) is 0.0530. The number of fused-ring (bicyclic) bond motifs is 1. The Morgan fingerprint density at radius 1 is 0.957 bits per heavy atom. The number of aryl methyl sites for hydroxylation is 1. The van der Waals surface area contributed by atoms with Gasteiger partial charge < -0.3 is 5.32 Å². The Labute approximate surface area is 140 Å². The molecule has 23 heavy (non-hydrogen) atoms. The van der Waals surface area contributed by atoms with Crippen LogP contribution in [0.4, 0.5) is 5.69 Å². The van der Waals surface area contributed by atoms with Crippen LogP contribution in [0.1, 0.15) is 12.0 Å². The summed E-state index contributed by atoms with van der Waals surface area (Å²) < 4.78 is 0. The predicted molar refractivity (Wildman–Crippen MR) is 99.1 cm³/mol. The summed E-state index contributed by atoms with van der Waals surface area (Å²) >= 11 is 1.70. The molecule has 0 saturated carbocycles. The van der Waals surface area contributed by atoms with Gasteiger partial charge in [0.1, 0.15) is 0 Å². The normalized spacial score (nSPS) is 10.7. The van der Waals surface area contributed by atoms with Gasteiger partial charge in [0, 0.05) is 22.4 Å². The lowest BCUT2D eigenvalue weighted by molar-refractivity contribution is -0.116. The fraction of sp³-hybridized carbons (Fsp3) is 0.150. The largest absolute Gasteiger partial charge is 0.325 e. The summed E-state index contributed by atoms with van der Waals surface area (Å²) in [5, 5.41) is 5.35. The maximum atomic E-state index is 12.3. The summed E-state index contributed by atoms with van der Waals surface area (Å²) in [6, 6.07) is 22.4. The number of anilines is 1. The summed E-state index contributed by atoms with van der Waals surface area (Å²) in [7, 11) is 0. The predicted octanol–water partition coefficient (Wildman–Crippen LogP) is 5.13. The van der Waals surface area contributed by atoms with Crippen LogP contribution in [0.2, 0.25) is 0 Å². The Bertz CT molecular complexity index is 809. The molecule has 0 fully saturated rings. The molecule has 0 saturated heterocycles. The second-order valence-electron chi connectivity index (χ2n) is 5.40. The lowest BCUT2D eigenvalue weighted by Crippen LogP contribution is -2.12. The molecule has 0 heterocycles. The van der Waals surface area contributed by atoms with Crippen molar-refractivity contribution in [2.75, 3.05) is 11.6 Å². The number of hydrogen-bond acceptors (Lipinski definition) is 2. The van der Waals surface area contributed by atoms with E-state index in [-0.39, 0.29) is 5.91 Å². The lowest BCUT2D eigenvalue weighted by Gasteiger charge is -2.11. The third-order valence-corrected chi connectivity index (χ3v) is 4.62. The van der Waals surface area contributed by atoms with Crippen LogP contribution in [-0.2, 0) is 11.2 Å². The van der Waals surface area contributed by atoms with Crippen molar-refractivity contribution in [3.8, 4) is 0 Å². The molecule has 3 heteroatoms. The van der Waals surface area contributed by atoms with E-state index in [1.54, 1.807) is 11.8 Å². The monoisotopic (exact) mass is 321 g/mol. The van der Waals surface area contributed by atoms with Gasteiger partial charge in [-0.3, -0.25) is 4.79 Å². The zero-order valence-electron chi connectivity index (χ0n) is 13.1. The minimum Gasteiger partial charge on any atom is -0.325 e. The van der Waals surface area contributed by atoms with E-state index in [0.717, 1.165) is 22.9 Å². The molecule has 116 valence electrons. The molecule has 3 aromatic carbocycles. The minimum absolute atomic E-state index is 0.0530. The van der Waals surface area contributed by atoms with Gasteiger partial charge in [0.25, 0.3) is 0 Å². The van der Waals surface area contributed by atoms with Crippen LogP contribution in [0.5, 0.6) is 0 Å². The maximum Gasteiger partial charge on any atom is 0.224 e. The van der Waals surface area contributed by atoms with Crippen LogP contribution >= 0.6 is 11.8 Å². The number of thioether (sulfide) groups is 1. The molecule has 0 unspecified atom stereocenters. The molecule has 1 N–H and O–H groups in total. The fourth-order valence-electron chi connectivity index (χ4n) is 2.70. The fourth-order valence-corrected chi connectivity index (χ4v) is 3.34. The summed E-state index contributed by atoms with van der Waals surface area (Å²) in [5.41, 5.74) is 2.08. The highest BCUT2D eigenvalue weighted by Gasteiger charge is 2.09. The first-order chi connectivity index (χ1) is 11.3. The van der Waals surface area contributed by atoms with Crippen molar-refractivity contribution in [1.29, 1.82) is 0 Å². The molecule has 0 radical (unpaired) electrons. The van der Waals surface area contributed by atoms with E-state index >= 15 is 0 Å². The van der Waals surface area contributed by atoms with E-state index in [4.69, 9.17) is 0 Å². The van der Waals surface area contributed by atoms with E-state index in [1.165, 1.54) is 10.5 Å². The zero-order valence-corrected chi connectivity index (χ0v) is 13.9. The van der Waals surface area contributed by atoms with Crippen molar-refractivity contribution in [3.05, 3.63) is 72.3 Å². The lowest BCUT2D eigenvalue weighted by atomic mass is 10.1. The topological polar surface area (TPSA) is 29.1 Å². The van der Waals surface area contributed by atoms with Gasteiger partial charge in [0.2, 0.25) is 5.91 Å². The molecule has 3 aromatic rings. The average Bonchev–Trinajstić information content (AvgIpc) is 2.60. The second-order valence-corrected chi connectivity index (χ2v) is 6.25. The number of carbonyl (C=O) groups is 1. The third kappa shape index (κ3) is 3.74. The van der Waals surface area contributed by atoms with Gasteiger partial charge in [-0.2, -0.15) is 0 Å². The van der Waals surface area contributed by atoms with Crippen molar-refractivity contribution in [2.45, 2.75) is 17.7 Å². The first-order valence-corrected chi connectivity index (χ1v) is 8.90. The molecule has 3 rings (SSSR count). The van der Waals surface area contributed by atoms with Crippen molar-refractivity contribution in [3.63, 3.8) is 0 Å². The first kappa shape index (κ1) is 15.6. The maximum absolute atomic E-state index is 12.3. The SMILES string of the molecule is CSc1cccc2cccc(NC(=O)CCc3ccccc3)c12. The van der Waals surface area contributed by atoms with Crippen LogP contribution in [0, 0.1) is 0 Å². The summed E-state index contributed by atoms with van der Waals surface area (Å²) in [6.07, 6.45) is 3.30. The highest BCUT2D eigenvalue weighted by Crippen LogP contribution is 2.32. The molecular formula is C20H19NOS. The molecule has 0 aliphatic rings. The van der Waals surface area contributed by atoms with Gasteiger partial charge in [0.15, 0.2) is 0 Å². The van der Waals surface area contributed by atoms with Gasteiger partial charge >= 0.3 is 0 Å². The van der Waals surface area contributed by atoms with E-state index < -0.39 is 0 Å². The highest BCUT2D eigenvalue weighted by molar-refractivity contribution is 7.98. The Morgan fingerprint density at radius 3 is 2.43 bits per heavy atom. The number of hydrogen-bond donors (Lipinski definition) is 1. The van der Waals surface area contributed by atoms with Gasteiger partial charge in [-0.05, 0) is 35.8 Å². The van der Waals surface area contributed by atoms with Crippen molar-refractivity contribution < 1.29 is 4.79 Å². The van der Waals surface area contributed by atoms with Crippen LogP contribution < -0.4 is 5.32 Å². The zero-order chi connectivity index (χ0) is 16.1. The molecule has 2 nitrogen and oxygen atoms in total. The first-order valence-electron chi connectivity index (χ1n) is 7.67. The van der Waals surface area contributed by atoms with Gasteiger partial charge in [-0.25, -0.2) is 0 Å². The van der Waals surface area contributed by atoms with Crippen LogP contribution in [-0.4, -0.2) is 12.2 Å². The molecule has 0 spiro atoms. The number of nitrogens with one attached hydrogen (secondary N) is 1. The van der Waals surface area contributed by atoms with E-state index in [9.17, 15) is 4.79 Å². The smallest absolute Gasteiger partial charge is 0.224 e. The summed E-state index contributed by atoms with van der Waals surface area (Å²) in [6.45, 7) is 0. The van der Waals surface area contributed by atoms with Gasteiger partial charge in [0.05, 0.1) is 0 Å². The van der Waals surface area contributed by atoms with Crippen LogP contribution in [0.25, 0.3) is 10.8 Å². The molecule has 0 aromatic heterocycles. The standard InChI is InChI=1S/C20H19NOS/c1-23-18-12-6-10-16-9-5-11-17(20(16)18)21-19(22)14-13-15-7-3-2-4-8-15/h2-12H,13-14H2,1H3,(H,21,22). The second kappa shape index (κ2) is 7.34. The summed E-state index contributed by atoms with van der Waals surface area (Å²) in [4.78, 5) is 13.5. The third-order valence-electron chi connectivity index (χ3n) is 3.84. The van der Waals surface area contributed by atoms with E-state index in [0.29, 0.717) is 6.42 Å². The number of rotatable bonds is 5. The van der Waals surface area contributed by atoms with Gasteiger partial charge in [-0.15, -0.1) is 11.8 Å². The Balaban J connectivity index is 1.77. The molecule has 0 bridgehead atoms. The Kier molecular flexibility index (Phi) is 4.99.